The number of hydrogen-bond acceptors (Lipinski definition) is 4. The van der Waals surface area contributed by atoms with Gasteiger partial charge in [0.25, 0.3) is 0 Å². The molecule has 0 N–H and O–H groups in total. The molecule has 2 saturated heterocycles. The molecule has 0 spiro atoms. The van der Waals surface area contributed by atoms with Crippen LogP contribution in [0.2, 0.25) is 0 Å². The molecule has 1 aromatic rings. The Morgan fingerprint density at radius 1 is 1.38 bits per heavy atom. The van der Waals surface area contributed by atoms with E-state index in [1.54, 1.807) is 12.4 Å². The van der Waals surface area contributed by atoms with Gasteiger partial charge in [0.05, 0.1) is 19.3 Å². The van der Waals surface area contributed by atoms with Crippen LogP contribution in [0, 0.1) is 11.3 Å². The van der Waals surface area contributed by atoms with Gasteiger partial charge in [-0.3, -0.25) is 9.78 Å². The maximum absolute atomic E-state index is 13.2. The van der Waals surface area contributed by atoms with Gasteiger partial charge in [-0.05, 0) is 49.8 Å². The summed E-state index contributed by atoms with van der Waals surface area (Å²) in [4.78, 5) is 18.7. The van der Waals surface area contributed by atoms with E-state index in [0.717, 1.165) is 31.4 Å². The minimum absolute atomic E-state index is 0.122. The predicted molar refractivity (Wildman–Crippen MR) is 94.1 cm³/mol. The second-order valence-electron chi connectivity index (χ2n) is 7.99. The van der Waals surface area contributed by atoms with Crippen LogP contribution >= 0.6 is 0 Å². The van der Waals surface area contributed by atoms with Crippen LogP contribution in [0.15, 0.2) is 24.5 Å². The van der Waals surface area contributed by atoms with Gasteiger partial charge in [-0.1, -0.05) is 0 Å². The van der Waals surface area contributed by atoms with E-state index >= 15 is 0 Å². The summed E-state index contributed by atoms with van der Waals surface area (Å²) in [5, 5.41) is 0. The molecular formula is C20H27FN2O3. The Hall–Kier alpha value is -1.53. The highest BCUT2D eigenvalue weighted by Crippen LogP contribution is 2.42. The van der Waals surface area contributed by atoms with Gasteiger partial charge in [-0.15, -0.1) is 0 Å². The summed E-state index contributed by atoms with van der Waals surface area (Å²) in [6, 6.07) is 3.90. The van der Waals surface area contributed by atoms with Crippen LogP contribution in [0.3, 0.4) is 0 Å². The quantitative estimate of drug-likeness (QED) is 0.808. The Balaban J connectivity index is 1.40. The van der Waals surface area contributed by atoms with E-state index in [0.29, 0.717) is 39.1 Å². The van der Waals surface area contributed by atoms with E-state index in [2.05, 4.69) is 4.98 Å². The monoisotopic (exact) mass is 362 g/mol. The summed E-state index contributed by atoms with van der Waals surface area (Å²) >= 11 is 0. The fourth-order valence-electron chi connectivity index (χ4n) is 4.55. The standard InChI is InChI=1S/C20H27FN2O3/c21-17-10-16(11-17)19(24)23-8-4-18-20(13-23,5-1-9-26-18)14-25-12-15-2-6-22-7-3-15/h2-3,6-7,16-18H,1,4-5,8-14H2. The highest BCUT2D eigenvalue weighted by molar-refractivity contribution is 5.80. The van der Waals surface area contributed by atoms with Gasteiger partial charge >= 0.3 is 0 Å². The number of nitrogens with zero attached hydrogens (tertiary/aromatic N) is 2. The number of ether oxygens (including phenoxy) is 2. The number of fused-ring (bicyclic) bond motifs is 1. The number of carbonyl (C=O) groups excluding carboxylic acids is 1. The molecule has 3 aliphatic rings. The lowest BCUT2D eigenvalue weighted by atomic mass is 9.72. The molecule has 1 amide bonds. The highest BCUT2D eigenvalue weighted by Gasteiger charge is 2.48. The molecule has 0 bridgehead atoms. The third-order valence-corrected chi connectivity index (χ3v) is 6.14. The predicted octanol–water partition coefficient (Wildman–Crippen LogP) is 2.74. The average Bonchev–Trinajstić information content (AvgIpc) is 2.65. The lowest BCUT2D eigenvalue weighted by Gasteiger charge is -2.51. The normalized spacial score (nSPS) is 34.0. The van der Waals surface area contributed by atoms with E-state index in [1.807, 2.05) is 17.0 Å². The molecule has 0 radical (unpaired) electrons. The van der Waals surface area contributed by atoms with Gasteiger partial charge in [0, 0.05) is 43.4 Å². The van der Waals surface area contributed by atoms with E-state index in [-0.39, 0.29) is 23.3 Å². The van der Waals surface area contributed by atoms with Crippen molar-refractivity contribution in [2.75, 3.05) is 26.3 Å². The van der Waals surface area contributed by atoms with Crippen LogP contribution in [-0.4, -0.2) is 54.4 Å². The first-order valence-corrected chi connectivity index (χ1v) is 9.67. The van der Waals surface area contributed by atoms with Crippen LogP contribution in [0.1, 0.15) is 37.7 Å². The van der Waals surface area contributed by atoms with Crippen molar-refractivity contribution < 1.29 is 18.7 Å². The molecule has 2 unspecified atom stereocenters. The van der Waals surface area contributed by atoms with Crippen molar-refractivity contribution in [2.24, 2.45) is 11.3 Å². The van der Waals surface area contributed by atoms with E-state index < -0.39 is 6.17 Å². The maximum atomic E-state index is 13.2. The van der Waals surface area contributed by atoms with Crippen molar-refractivity contribution in [1.82, 2.24) is 9.88 Å². The summed E-state index contributed by atoms with van der Waals surface area (Å²) in [6.07, 6.45) is 6.51. The molecule has 1 aromatic heterocycles. The maximum Gasteiger partial charge on any atom is 0.225 e. The summed E-state index contributed by atoms with van der Waals surface area (Å²) in [5.74, 6) is -0.00252. The fraction of sp³-hybridized carbons (Fsp3) is 0.700. The van der Waals surface area contributed by atoms with Crippen molar-refractivity contribution in [3.05, 3.63) is 30.1 Å². The summed E-state index contributed by atoms with van der Waals surface area (Å²) in [6.45, 7) is 3.29. The van der Waals surface area contributed by atoms with Gasteiger partial charge in [0.15, 0.2) is 0 Å². The fourth-order valence-corrected chi connectivity index (χ4v) is 4.55. The topological polar surface area (TPSA) is 51.7 Å². The second-order valence-corrected chi connectivity index (χ2v) is 7.99. The second kappa shape index (κ2) is 7.61. The molecule has 4 rings (SSSR count). The molecule has 1 saturated carbocycles. The molecule has 5 nitrogen and oxygen atoms in total. The molecule has 142 valence electrons. The number of halogens is 1. The Morgan fingerprint density at radius 3 is 2.96 bits per heavy atom. The van der Waals surface area contributed by atoms with Crippen LogP contribution in [0.25, 0.3) is 0 Å². The lowest BCUT2D eigenvalue weighted by Crippen LogP contribution is -2.59. The molecule has 6 heteroatoms. The average molecular weight is 362 g/mol. The number of hydrogen-bond donors (Lipinski definition) is 0. The Kier molecular flexibility index (Phi) is 5.23. The zero-order valence-electron chi connectivity index (χ0n) is 15.1. The molecular weight excluding hydrogens is 335 g/mol. The Bertz CT molecular complexity index is 623. The first-order chi connectivity index (χ1) is 12.7. The van der Waals surface area contributed by atoms with Gasteiger partial charge in [0.1, 0.15) is 6.17 Å². The summed E-state index contributed by atoms with van der Waals surface area (Å²) < 4.78 is 25.3. The number of rotatable bonds is 5. The van der Waals surface area contributed by atoms with Gasteiger partial charge < -0.3 is 14.4 Å². The number of carbonyl (C=O) groups is 1. The number of piperidine rings is 1. The Morgan fingerprint density at radius 2 is 2.19 bits per heavy atom. The van der Waals surface area contributed by atoms with Crippen molar-refractivity contribution in [2.45, 2.75) is 51.0 Å². The SMILES string of the molecule is O=C(C1CC(F)C1)N1CCC2OCCCC2(COCc2ccncc2)C1. The molecule has 0 aromatic carbocycles. The number of aromatic nitrogens is 1. The molecule has 1 aliphatic carbocycles. The van der Waals surface area contributed by atoms with Gasteiger partial charge in [-0.25, -0.2) is 4.39 Å². The van der Waals surface area contributed by atoms with E-state index in [4.69, 9.17) is 9.47 Å². The highest BCUT2D eigenvalue weighted by atomic mass is 19.1. The largest absolute Gasteiger partial charge is 0.377 e. The van der Waals surface area contributed by atoms with Gasteiger partial charge in [0.2, 0.25) is 5.91 Å². The van der Waals surface area contributed by atoms with Crippen molar-refractivity contribution in [3.8, 4) is 0 Å². The lowest BCUT2D eigenvalue weighted by molar-refractivity contribution is -0.170. The first-order valence-electron chi connectivity index (χ1n) is 9.67. The zero-order chi connectivity index (χ0) is 18.0. The van der Waals surface area contributed by atoms with Crippen LogP contribution in [-0.2, 0) is 20.9 Å². The minimum Gasteiger partial charge on any atom is -0.377 e. The zero-order valence-corrected chi connectivity index (χ0v) is 15.1. The molecule has 3 heterocycles. The van der Waals surface area contributed by atoms with Crippen LogP contribution < -0.4 is 0 Å². The van der Waals surface area contributed by atoms with Crippen molar-refractivity contribution >= 4 is 5.91 Å². The van der Waals surface area contributed by atoms with Crippen LogP contribution in [0.5, 0.6) is 0 Å². The first kappa shape index (κ1) is 17.9. The number of amides is 1. The molecule has 26 heavy (non-hydrogen) atoms. The third-order valence-electron chi connectivity index (χ3n) is 6.14. The molecule has 2 atom stereocenters. The van der Waals surface area contributed by atoms with E-state index in [1.165, 1.54) is 0 Å². The summed E-state index contributed by atoms with van der Waals surface area (Å²) in [7, 11) is 0. The molecule has 2 aliphatic heterocycles. The number of pyridine rings is 1. The molecule has 3 fully saturated rings. The number of likely N-dealkylation sites (tertiary alicyclic amines) is 1. The number of alkyl halides is 1. The minimum atomic E-state index is -0.794. The van der Waals surface area contributed by atoms with Crippen LogP contribution in [0.4, 0.5) is 4.39 Å². The summed E-state index contributed by atoms with van der Waals surface area (Å²) in [5.41, 5.74) is 0.954. The smallest absolute Gasteiger partial charge is 0.225 e. The third kappa shape index (κ3) is 3.62. The van der Waals surface area contributed by atoms with Gasteiger partial charge in [-0.2, -0.15) is 0 Å². The van der Waals surface area contributed by atoms with E-state index in [9.17, 15) is 9.18 Å². The Labute approximate surface area is 153 Å². The van der Waals surface area contributed by atoms with Crippen molar-refractivity contribution in [1.29, 1.82) is 0 Å². The van der Waals surface area contributed by atoms with Crippen molar-refractivity contribution in [3.63, 3.8) is 0 Å².